The van der Waals surface area contributed by atoms with Gasteiger partial charge < -0.3 is 15.0 Å². The number of ether oxygens (including phenoxy) is 1. The second-order valence-electron chi connectivity index (χ2n) is 10.1. The van der Waals surface area contributed by atoms with Crippen molar-refractivity contribution in [3.05, 3.63) is 88.4 Å². The molecule has 0 saturated carbocycles. The summed E-state index contributed by atoms with van der Waals surface area (Å²) in [5.74, 6) is -0.276. The van der Waals surface area contributed by atoms with Gasteiger partial charge in [0.25, 0.3) is 10.0 Å². The van der Waals surface area contributed by atoms with Gasteiger partial charge in [0, 0.05) is 17.6 Å². The van der Waals surface area contributed by atoms with E-state index < -0.39 is 28.5 Å². The van der Waals surface area contributed by atoms with E-state index in [-0.39, 0.29) is 29.1 Å². The van der Waals surface area contributed by atoms with E-state index >= 15 is 0 Å². The van der Waals surface area contributed by atoms with Crippen LogP contribution in [0.3, 0.4) is 0 Å². The number of amides is 2. The van der Waals surface area contributed by atoms with E-state index in [4.69, 9.17) is 16.3 Å². The number of methoxy groups -OCH3 is 1. The molecule has 0 fully saturated rings. The number of sulfonamides is 1. The zero-order valence-electron chi connectivity index (χ0n) is 24.3. The maximum absolute atomic E-state index is 14.1. The Kier molecular flexibility index (Phi) is 10.8. The molecule has 41 heavy (non-hydrogen) atoms. The van der Waals surface area contributed by atoms with Crippen LogP contribution in [0.25, 0.3) is 0 Å². The third-order valence-electron chi connectivity index (χ3n) is 7.05. The first-order valence-corrected chi connectivity index (χ1v) is 15.3. The van der Waals surface area contributed by atoms with Gasteiger partial charge in [-0.1, -0.05) is 54.4 Å². The number of nitrogens with one attached hydrogen (secondary N) is 1. The lowest BCUT2D eigenvalue weighted by molar-refractivity contribution is -0.139. The minimum absolute atomic E-state index is 0.0391. The average Bonchev–Trinajstić information content (AvgIpc) is 2.95. The summed E-state index contributed by atoms with van der Waals surface area (Å²) in [6.45, 7) is 8.57. The molecule has 0 heterocycles. The quantitative estimate of drug-likeness (QED) is 0.297. The van der Waals surface area contributed by atoms with Crippen molar-refractivity contribution in [1.29, 1.82) is 0 Å². The molecule has 0 radical (unpaired) electrons. The van der Waals surface area contributed by atoms with Crippen molar-refractivity contribution in [2.24, 2.45) is 0 Å². The van der Waals surface area contributed by atoms with Gasteiger partial charge in [-0.3, -0.25) is 13.9 Å². The van der Waals surface area contributed by atoms with Crippen LogP contribution in [0.2, 0.25) is 5.02 Å². The van der Waals surface area contributed by atoms with E-state index in [0.717, 1.165) is 21.9 Å². The van der Waals surface area contributed by atoms with Crippen LogP contribution < -0.4 is 14.4 Å². The van der Waals surface area contributed by atoms with Gasteiger partial charge in [-0.05, 0) is 81.6 Å². The Labute approximate surface area is 248 Å². The molecule has 0 unspecified atom stereocenters. The Bertz CT molecular complexity index is 1480. The fourth-order valence-corrected chi connectivity index (χ4v) is 5.87. The van der Waals surface area contributed by atoms with Gasteiger partial charge in [0.1, 0.15) is 18.3 Å². The Hall–Kier alpha value is -3.56. The first-order valence-electron chi connectivity index (χ1n) is 13.5. The van der Waals surface area contributed by atoms with E-state index in [0.29, 0.717) is 16.3 Å². The van der Waals surface area contributed by atoms with E-state index in [1.54, 1.807) is 69.5 Å². The number of carbonyl (C=O) groups is 2. The normalized spacial score (nSPS) is 12.8. The Balaban J connectivity index is 2.08. The summed E-state index contributed by atoms with van der Waals surface area (Å²) in [5.41, 5.74) is 2.42. The lowest BCUT2D eigenvalue weighted by atomic mass is 10.1. The number of hydrogen-bond donors (Lipinski definition) is 1. The van der Waals surface area contributed by atoms with Crippen molar-refractivity contribution in [2.45, 2.75) is 64.6 Å². The molecule has 3 aromatic rings. The van der Waals surface area contributed by atoms with Crippen LogP contribution in [0.4, 0.5) is 5.69 Å². The fraction of sp³-hybridized carbons (Fsp3) is 0.355. The first kappa shape index (κ1) is 32.0. The summed E-state index contributed by atoms with van der Waals surface area (Å²) in [7, 11) is -2.64. The largest absolute Gasteiger partial charge is 0.497 e. The molecular formula is C31H38ClN3O5S. The molecule has 0 aliphatic rings. The highest BCUT2D eigenvalue weighted by molar-refractivity contribution is 7.92. The fourth-order valence-electron chi connectivity index (χ4n) is 4.23. The molecule has 1 N–H and O–H groups in total. The number of anilines is 1. The zero-order chi connectivity index (χ0) is 30.3. The molecule has 3 rings (SSSR count). The van der Waals surface area contributed by atoms with Crippen LogP contribution in [0.15, 0.2) is 71.6 Å². The molecule has 0 bridgehead atoms. The van der Waals surface area contributed by atoms with Gasteiger partial charge in [-0.2, -0.15) is 0 Å². The summed E-state index contributed by atoms with van der Waals surface area (Å²) >= 11 is 6.38. The van der Waals surface area contributed by atoms with Crippen molar-refractivity contribution in [3.63, 3.8) is 0 Å². The summed E-state index contributed by atoms with van der Waals surface area (Å²) in [6, 6.07) is 17.6. The SMILES string of the molecule is CC[C@H](C)NC(=O)[C@@H](C)N(Cc1cccc(OC)c1)C(=O)CN(c1cccc(Cl)c1C)S(=O)(=O)c1ccc(C)cc1. The van der Waals surface area contributed by atoms with Gasteiger partial charge in [0.05, 0.1) is 17.7 Å². The number of hydrogen-bond acceptors (Lipinski definition) is 5. The summed E-state index contributed by atoms with van der Waals surface area (Å²) < 4.78 is 34.4. The number of rotatable bonds is 12. The molecule has 2 amide bonds. The standard InChI is InChI=1S/C31H38ClN3O5S/c1-7-22(3)33-31(37)24(5)34(19-25-10-8-11-26(18-25)40-6)30(36)20-35(29-13-9-12-28(32)23(29)4)41(38,39)27-16-14-21(2)15-17-27/h8-18,22,24H,7,19-20H2,1-6H3,(H,33,37)/t22-,24+/m0/s1. The van der Waals surface area contributed by atoms with Crippen molar-refractivity contribution in [2.75, 3.05) is 18.0 Å². The minimum Gasteiger partial charge on any atom is -0.497 e. The van der Waals surface area contributed by atoms with E-state index in [1.807, 2.05) is 26.8 Å². The molecule has 10 heteroatoms. The average molecular weight is 600 g/mol. The molecule has 3 aromatic carbocycles. The third-order valence-corrected chi connectivity index (χ3v) is 9.23. The highest BCUT2D eigenvalue weighted by Crippen LogP contribution is 2.31. The van der Waals surface area contributed by atoms with Gasteiger partial charge in [-0.25, -0.2) is 8.42 Å². The topological polar surface area (TPSA) is 96.0 Å². The van der Waals surface area contributed by atoms with E-state index in [9.17, 15) is 18.0 Å². The third kappa shape index (κ3) is 7.80. The molecule has 220 valence electrons. The Morgan fingerprint density at radius 1 is 1.00 bits per heavy atom. The minimum atomic E-state index is -4.18. The number of benzene rings is 3. The molecule has 2 atom stereocenters. The smallest absolute Gasteiger partial charge is 0.264 e. The molecule has 0 saturated heterocycles. The number of carbonyl (C=O) groups excluding carboxylic acids is 2. The Morgan fingerprint density at radius 3 is 2.29 bits per heavy atom. The molecule has 0 aliphatic heterocycles. The van der Waals surface area contributed by atoms with Gasteiger partial charge in [-0.15, -0.1) is 0 Å². The van der Waals surface area contributed by atoms with Crippen molar-refractivity contribution in [3.8, 4) is 5.75 Å². The monoisotopic (exact) mass is 599 g/mol. The van der Waals surface area contributed by atoms with Crippen LogP contribution >= 0.6 is 11.6 Å². The molecule has 8 nitrogen and oxygen atoms in total. The molecule has 0 spiro atoms. The van der Waals surface area contributed by atoms with Gasteiger partial charge in [0.15, 0.2) is 0 Å². The predicted octanol–water partition coefficient (Wildman–Crippen LogP) is 5.49. The van der Waals surface area contributed by atoms with Gasteiger partial charge >= 0.3 is 0 Å². The van der Waals surface area contributed by atoms with Crippen LogP contribution in [0.1, 0.15) is 43.9 Å². The van der Waals surface area contributed by atoms with Crippen molar-refractivity contribution in [1.82, 2.24) is 10.2 Å². The molecule has 0 aliphatic carbocycles. The number of halogens is 1. The summed E-state index contributed by atoms with van der Waals surface area (Å²) in [6.07, 6.45) is 0.721. The van der Waals surface area contributed by atoms with Crippen molar-refractivity contribution < 1.29 is 22.7 Å². The Morgan fingerprint density at radius 2 is 1.66 bits per heavy atom. The first-order chi connectivity index (χ1) is 19.4. The summed E-state index contributed by atoms with van der Waals surface area (Å²) in [4.78, 5) is 28.7. The lowest BCUT2D eigenvalue weighted by Crippen LogP contribution is -2.52. The molecule has 0 aromatic heterocycles. The zero-order valence-corrected chi connectivity index (χ0v) is 25.9. The maximum atomic E-state index is 14.1. The second-order valence-corrected chi connectivity index (χ2v) is 12.3. The van der Waals surface area contributed by atoms with Crippen LogP contribution in [0.5, 0.6) is 5.75 Å². The van der Waals surface area contributed by atoms with E-state index in [1.165, 1.54) is 17.0 Å². The predicted molar refractivity (Wildman–Crippen MR) is 163 cm³/mol. The highest BCUT2D eigenvalue weighted by atomic mass is 35.5. The highest BCUT2D eigenvalue weighted by Gasteiger charge is 2.33. The number of aryl methyl sites for hydroxylation is 1. The molecular weight excluding hydrogens is 562 g/mol. The van der Waals surface area contributed by atoms with Crippen LogP contribution in [-0.2, 0) is 26.2 Å². The lowest BCUT2D eigenvalue weighted by Gasteiger charge is -2.33. The summed E-state index contributed by atoms with van der Waals surface area (Å²) in [5, 5.41) is 3.30. The number of nitrogens with zero attached hydrogens (tertiary/aromatic N) is 2. The van der Waals surface area contributed by atoms with Crippen LogP contribution in [-0.4, -0.2) is 50.9 Å². The van der Waals surface area contributed by atoms with Gasteiger partial charge in [0.2, 0.25) is 11.8 Å². The second kappa shape index (κ2) is 13.9. The van der Waals surface area contributed by atoms with Crippen LogP contribution in [0, 0.1) is 13.8 Å². The maximum Gasteiger partial charge on any atom is 0.264 e. The van der Waals surface area contributed by atoms with E-state index in [2.05, 4.69) is 5.32 Å². The van der Waals surface area contributed by atoms with Crippen molar-refractivity contribution >= 4 is 39.1 Å².